The average Bonchev–Trinajstić information content (AvgIpc) is 3.00. The molecule has 3 heterocycles. The first-order valence-corrected chi connectivity index (χ1v) is 8.45. The van der Waals surface area contributed by atoms with Gasteiger partial charge < -0.3 is 18.6 Å². The van der Waals surface area contributed by atoms with Gasteiger partial charge >= 0.3 is 0 Å². The molecule has 2 fully saturated rings. The summed E-state index contributed by atoms with van der Waals surface area (Å²) in [6, 6.07) is 4.02. The van der Waals surface area contributed by atoms with Crippen LogP contribution in [0, 0.1) is 6.92 Å². The van der Waals surface area contributed by atoms with Gasteiger partial charge in [-0.05, 0) is 44.7 Å². The van der Waals surface area contributed by atoms with E-state index in [1.165, 1.54) is 12.8 Å². The van der Waals surface area contributed by atoms with Crippen LogP contribution in [0.4, 0.5) is 0 Å². The van der Waals surface area contributed by atoms with Gasteiger partial charge in [-0.15, -0.1) is 0 Å². The fourth-order valence-electron chi connectivity index (χ4n) is 3.05. The summed E-state index contributed by atoms with van der Waals surface area (Å²) in [5.41, 5.74) is 0. The predicted molar refractivity (Wildman–Crippen MR) is 82.7 cm³/mol. The number of aryl methyl sites for hydroxylation is 1. The highest BCUT2D eigenvalue weighted by molar-refractivity contribution is 5.09. The maximum Gasteiger partial charge on any atom is 0.157 e. The lowest BCUT2D eigenvalue weighted by molar-refractivity contribution is -0.163. The van der Waals surface area contributed by atoms with E-state index in [2.05, 4.69) is 4.90 Å². The summed E-state index contributed by atoms with van der Waals surface area (Å²) < 4.78 is 22.9. The van der Waals surface area contributed by atoms with E-state index in [0.717, 1.165) is 63.8 Å². The molecule has 0 amide bonds. The van der Waals surface area contributed by atoms with Crippen LogP contribution in [0.25, 0.3) is 0 Å². The van der Waals surface area contributed by atoms with Crippen molar-refractivity contribution in [1.82, 2.24) is 4.90 Å². The zero-order valence-electron chi connectivity index (χ0n) is 13.5. The van der Waals surface area contributed by atoms with Crippen LogP contribution in [0.15, 0.2) is 16.5 Å². The SMILES string of the molecule is Cc1ccc(C2CN(CCCOC3CCCCO3)CCO2)o1. The van der Waals surface area contributed by atoms with E-state index >= 15 is 0 Å². The molecule has 0 saturated carbocycles. The zero-order valence-corrected chi connectivity index (χ0v) is 13.5. The van der Waals surface area contributed by atoms with Crippen molar-refractivity contribution >= 4 is 0 Å². The predicted octanol–water partition coefficient (Wildman–Crippen LogP) is 2.89. The standard InChI is InChI=1S/C17H27NO4/c1-14-6-7-15(22-14)16-13-18(9-12-19-16)8-4-11-21-17-5-2-3-10-20-17/h6-7,16-17H,2-5,8-13H2,1H3. The lowest BCUT2D eigenvalue weighted by Crippen LogP contribution is -2.39. The molecule has 22 heavy (non-hydrogen) atoms. The fraction of sp³-hybridized carbons (Fsp3) is 0.765. The molecule has 1 aromatic heterocycles. The van der Waals surface area contributed by atoms with E-state index in [-0.39, 0.29) is 12.4 Å². The van der Waals surface area contributed by atoms with Gasteiger partial charge in [-0.1, -0.05) is 0 Å². The van der Waals surface area contributed by atoms with Crippen molar-refractivity contribution in [2.75, 3.05) is 39.5 Å². The normalized spacial score (nSPS) is 27.1. The maximum absolute atomic E-state index is 5.82. The second-order valence-electron chi connectivity index (χ2n) is 6.13. The number of ether oxygens (including phenoxy) is 3. The summed E-state index contributed by atoms with van der Waals surface area (Å²) in [5, 5.41) is 0. The fourth-order valence-corrected chi connectivity index (χ4v) is 3.05. The van der Waals surface area contributed by atoms with Crippen molar-refractivity contribution in [3.63, 3.8) is 0 Å². The van der Waals surface area contributed by atoms with Crippen molar-refractivity contribution in [2.24, 2.45) is 0 Å². The summed E-state index contributed by atoms with van der Waals surface area (Å²) in [5.74, 6) is 1.88. The van der Waals surface area contributed by atoms with E-state index < -0.39 is 0 Å². The van der Waals surface area contributed by atoms with Crippen LogP contribution < -0.4 is 0 Å². The molecule has 0 radical (unpaired) electrons. The second-order valence-corrected chi connectivity index (χ2v) is 6.13. The Bertz CT molecular complexity index is 442. The summed E-state index contributed by atoms with van der Waals surface area (Å²) >= 11 is 0. The van der Waals surface area contributed by atoms with Crippen LogP contribution >= 0.6 is 0 Å². The minimum atomic E-state index is 0.0253. The topological polar surface area (TPSA) is 44.1 Å². The van der Waals surface area contributed by atoms with Crippen LogP contribution in [0.1, 0.15) is 43.3 Å². The molecular weight excluding hydrogens is 282 g/mol. The van der Waals surface area contributed by atoms with E-state index in [9.17, 15) is 0 Å². The van der Waals surface area contributed by atoms with Gasteiger partial charge in [-0.3, -0.25) is 4.90 Å². The Balaban J connectivity index is 1.35. The van der Waals surface area contributed by atoms with Gasteiger partial charge in [-0.25, -0.2) is 0 Å². The molecule has 1 aromatic rings. The largest absolute Gasteiger partial charge is 0.464 e. The minimum Gasteiger partial charge on any atom is -0.464 e. The summed E-state index contributed by atoms with van der Waals surface area (Å²) in [6.07, 6.45) is 4.54. The first-order chi connectivity index (χ1) is 10.8. The lowest BCUT2D eigenvalue weighted by Gasteiger charge is -2.32. The van der Waals surface area contributed by atoms with Gasteiger partial charge in [0.05, 0.1) is 13.2 Å². The first kappa shape index (κ1) is 16.0. The van der Waals surface area contributed by atoms with Crippen LogP contribution in [-0.2, 0) is 14.2 Å². The van der Waals surface area contributed by atoms with E-state index in [0.29, 0.717) is 0 Å². The van der Waals surface area contributed by atoms with E-state index in [1.807, 2.05) is 19.1 Å². The number of furan rings is 1. The Labute approximate surface area is 132 Å². The van der Waals surface area contributed by atoms with Gasteiger partial charge in [0.2, 0.25) is 0 Å². The van der Waals surface area contributed by atoms with Crippen LogP contribution in [0.5, 0.6) is 0 Å². The molecule has 0 bridgehead atoms. The quantitative estimate of drug-likeness (QED) is 0.756. The minimum absolute atomic E-state index is 0.0253. The molecule has 2 atom stereocenters. The molecule has 5 nitrogen and oxygen atoms in total. The summed E-state index contributed by atoms with van der Waals surface area (Å²) in [4.78, 5) is 2.43. The van der Waals surface area contributed by atoms with Gasteiger partial charge in [0.1, 0.15) is 17.6 Å². The molecule has 0 N–H and O–H groups in total. The molecule has 0 aliphatic carbocycles. The highest BCUT2D eigenvalue weighted by atomic mass is 16.7. The van der Waals surface area contributed by atoms with E-state index in [4.69, 9.17) is 18.6 Å². The molecule has 2 aliphatic rings. The molecule has 0 spiro atoms. The smallest absolute Gasteiger partial charge is 0.157 e. The molecule has 3 rings (SSSR count). The molecule has 2 unspecified atom stereocenters. The highest BCUT2D eigenvalue weighted by Crippen LogP contribution is 2.24. The molecule has 2 aliphatic heterocycles. The number of nitrogens with zero attached hydrogens (tertiary/aromatic N) is 1. The zero-order chi connectivity index (χ0) is 15.2. The average molecular weight is 309 g/mol. The summed E-state index contributed by atoms with van der Waals surface area (Å²) in [7, 11) is 0. The molecular formula is C17H27NO4. The van der Waals surface area contributed by atoms with Crippen molar-refractivity contribution in [2.45, 2.75) is 45.0 Å². The Hall–Kier alpha value is -0.880. The van der Waals surface area contributed by atoms with Crippen molar-refractivity contribution < 1.29 is 18.6 Å². The number of hydrogen-bond acceptors (Lipinski definition) is 5. The van der Waals surface area contributed by atoms with Crippen molar-refractivity contribution in [1.29, 1.82) is 0 Å². The van der Waals surface area contributed by atoms with E-state index in [1.54, 1.807) is 0 Å². The number of hydrogen-bond donors (Lipinski definition) is 0. The number of rotatable bonds is 6. The van der Waals surface area contributed by atoms with Crippen LogP contribution in [0.3, 0.4) is 0 Å². The second kappa shape index (κ2) is 8.11. The third-order valence-corrected chi connectivity index (χ3v) is 4.29. The molecule has 2 saturated heterocycles. The third-order valence-electron chi connectivity index (χ3n) is 4.29. The van der Waals surface area contributed by atoms with Gasteiger partial charge in [0, 0.05) is 26.2 Å². The maximum atomic E-state index is 5.82. The Morgan fingerprint density at radius 3 is 2.95 bits per heavy atom. The lowest BCUT2D eigenvalue weighted by atomic mass is 10.2. The monoisotopic (exact) mass is 309 g/mol. The van der Waals surface area contributed by atoms with Gasteiger partial charge in [0.15, 0.2) is 6.29 Å². The first-order valence-electron chi connectivity index (χ1n) is 8.45. The third kappa shape index (κ3) is 4.56. The van der Waals surface area contributed by atoms with Crippen molar-refractivity contribution in [3.05, 3.63) is 23.7 Å². The van der Waals surface area contributed by atoms with Gasteiger partial charge in [-0.2, -0.15) is 0 Å². The molecule has 5 heteroatoms. The van der Waals surface area contributed by atoms with Crippen LogP contribution in [-0.4, -0.2) is 50.6 Å². The highest BCUT2D eigenvalue weighted by Gasteiger charge is 2.24. The number of morpholine rings is 1. The Morgan fingerprint density at radius 2 is 2.18 bits per heavy atom. The molecule has 124 valence electrons. The Kier molecular flexibility index (Phi) is 5.89. The summed E-state index contributed by atoms with van der Waals surface area (Å²) in [6.45, 7) is 7.26. The molecule has 0 aromatic carbocycles. The van der Waals surface area contributed by atoms with Crippen molar-refractivity contribution in [3.8, 4) is 0 Å². The Morgan fingerprint density at radius 1 is 1.23 bits per heavy atom. The van der Waals surface area contributed by atoms with Crippen LogP contribution in [0.2, 0.25) is 0 Å². The van der Waals surface area contributed by atoms with Gasteiger partial charge in [0.25, 0.3) is 0 Å².